The topological polar surface area (TPSA) is 57.3 Å². The molecule has 0 saturated carbocycles. The van der Waals surface area contributed by atoms with Gasteiger partial charge in [-0.25, -0.2) is 4.98 Å². The summed E-state index contributed by atoms with van der Waals surface area (Å²) in [5, 5.41) is 6.02. The van der Waals surface area contributed by atoms with Crippen molar-refractivity contribution in [2.24, 2.45) is 0 Å². The first-order valence-corrected chi connectivity index (χ1v) is 6.83. The zero-order chi connectivity index (χ0) is 14.1. The lowest BCUT2D eigenvalue weighted by Crippen LogP contribution is -2.36. The quantitative estimate of drug-likeness (QED) is 0.692. The van der Waals surface area contributed by atoms with Gasteiger partial charge in [-0.3, -0.25) is 4.79 Å². The minimum atomic E-state index is -0.0000274. The number of hydrogen-bond acceptors (Lipinski definition) is 4. The lowest BCUT2D eigenvalue weighted by Gasteiger charge is -2.23. The van der Waals surface area contributed by atoms with Crippen molar-refractivity contribution < 1.29 is 4.79 Å². The Balaban J connectivity index is 2.80. The summed E-state index contributed by atoms with van der Waals surface area (Å²) in [6.45, 7) is 7.02. The van der Waals surface area contributed by atoms with Crippen molar-refractivity contribution in [3.63, 3.8) is 0 Å². The lowest BCUT2D eigenvalue weighted by atomic mass is 10.2. The van der Waals surface area contributed by atoms with Crippen molar-refractivity contribution >= 4 is 11.7 Å². The third kappa shape index (κ3) is 4.87. The van der Waals surface area contributed by atoms with E-state index in [0.717, 1.165) is 37.4 Å². The molecule has 5 nitrogen and oxygen atoms in total. The maximum atomic E-state index is 11.5. The minimum Gasteiger partial charge on any atom is -0.358 e. The smallest absolute Gasteiger partial charge is 0.239 e. The van der Waals surface area contributed by atoms with E-state index in [1.54, 1.807) is 13.2 Å². The molecule has 0 saturated heterocycles. The van der Waals surface area contributed by atoms with Crippen molar-refractivity contribution in [3.05, 3.63) is 23.9 Å². The second-order valence-corrected chi connectivity index (χ2v) is 4.35. The van der Waals surface area contributed by atoms with E-state index < -0.39 is 0 Å². The summed E-state index contributed by atoms with van der Waals surface area (Å²) in [6.07, 6.45) is 2.87. The molecular formula is C14H24N4O. The van der Waals surface area contributed by atoms with Crippen LogP contribution in [0.3, 0.4) is 0 Å². The molecule has 106 valence electrons. The molecule has 1 amide bonds. The number of carbonyl (C=O) groups excluding carboxylic acids is 1. The molecule has 5 heteroatoms. The largest absolute Gasteiger partial charge is 0.358 e. The van der Waals surface area contributed by atoms with Gasteiger partial charge in [0.25, 0.3) is 0 Å². The molecule has 0 fully saturated rings. The highest BCUT2D eigenvalue weighted by atomic mass is 16.1. The zero-order valence-corrected chi connectivity index (χ0v) is 12.1. The Morgan fingerprint density at radius 1 is 1.42 bits per heavy atom. The summed E-state index contributed by atoms with van der Waals surface area (Å²) in [5.74, 6) is 0.886. The number of pyridine rings is 1. The van der Waals surface area contributed by atoms with Gasteiger partial charge in [0.2, 0.25) is 5.91 Å². The van der Waals surface area contributed by atoms with Crippen molar-refractivity contribution in [2.45, 2.75) is 26.8 Å². The molecule has 0 aliphatic rings. The summed E-state index contributed by atoms with van der Waals surface area (Å²) in [7, 11) is 1.65. The predicted octanol–water partition coefficient (Wildman–Crippen LogP) is 1.15. The second kappa shape index (κ2) is 8.48. The van der Waals surface area contributed by atoms with Gasteiger partial charge < -0.3 is 15.5 Å². The van der Waals surface area contributed by atoms with Gasteiger partial charge in [-0.2, -0.15) is 0 Å². The van der Waals surface area contributed by atoms with Crippen LogP contribution in [0, 0.1) is 0 Å². The van der Waals surface area contributed by atoms with Gasteiger partial charge in [0, 0.05) is 31.9 Å². The van der Waals surface area contributed by atoms with Crippen LogP contribution in [0.1, 0.15) is 25.8 Å². The van der Waals surface area contributed by atoms with Crippen LogP contribution in [0.25, 0.3) is 0 Å². The fourth-order valence-corrected chi connectivity index (χ4v) is 1.84. The first-order chi connectivity index (χ1) is 9.22. The summed E-state index contributed by atoms with van der Waals surface area (Å²) in [4.78, 5) is 17.9. The molecule has 0 radical (unpaired) electrons. The molecule has 0 aliphatic carbocycles. The van der Waals surface area contributed by atoms with Crippen LogP contribution in [0.15, 0.2) is 18.3 Å². The minimum absolute atomic E-state index is 0.0000274. The van der Waals surface area contributed by atoms with Crippen LogP contribution in [-0.2, 0) is 11.3 Å². The number of likely N-dealkylation sites (N-methyl/N-ethyl adjacent to an activating group) is 2. The average molecular weight is 264 g/mol. The fraction of sp³-hybridized carbons (Fsp3) is 0.571. The van der Waals surface area contributed by atoms with Crippen molar-refractivity contribution in [1.29, 1.82) is 0 Å². The molecule has 1 heterocycles. The predicted molar refractivity (Wildman–Crippen MR) is 78.2 cm³/mol. The second-order valence-electron chi connectivity index (χ2n) is 4.35. The van der Waals surface area contributed by atoms with Gasteiger partial charge in [-0.15, -0.1) is 0 Å². The maximum Gasteiger partial charge on any atom is 0.239 e. The molecule has 0 aromatic carbocycles. The van der Waals surface area contributed by atoms with Crippen molar-refractivity contribution in [1.82, 2.24) is 15.6 Å². The Labute approximate surface area is 115 Å². The highest BCUT2D eigenvalue weighted by Crippen LogP contribution is 2.16. The average Bonchev–Trinajstić information content (AvgIpc) is 2.45. The van der Waals surface area contributed by atoms with Crippen LogP contribution in [0.4, 0.5) is 5.82 Å². The lowest BCUT2D eigenvalue weighted by molar-refractivity contribution is -0.119. The van der Waals surface area contributed by atoms with Crippen molar-refractivity contribution in [3.8, 4) is 0 Å². The number of anilines is 1. The fourth-order valence-electron chi connectivity index (χ4n) is 1.84. The monoisotopic (exact) mass is 264 g/mol. The molecule has 0 atom stereocenters. The number of aromatic nitrogens is 1. The Morgan fingerprint density at radius 2 is 2.21 bits per heavy atom. The normalized spacial score (nSPS) is 10.3. The van der Waals surface area contributed by atoms with Gasteiger partial charge >= 0.3 is 0 Å². The molecule has 1 aromatic heterocycles. The molecular weight excluding hydrogens is 240 g/mol. The van der Waals surface area contributed by atoms with Crippen LogP contribution in [0.2, 0.25) is 0 Å². The SMILES string of the molecule is CCCNCc1cccnc1N(CC)CC(=O)NC. The van der Waals surface area contributed by atoms with Crippen LogP contribution in [-0.4, -0.2) is 37.6 Å². The molecule has 0 unspecified atom stereocenters. The maximum absolute atomic E-state index is 11.5. The summed E-state index contributed by atoms with van der Waals surface area (Å²) in [6, 6.07) is 3.98. The van der Waals surface area contributed by atoms with E-state index in [9.17, 15) is 4.79 Å². The Bertz CT molecular complexity index is 395. The molecule has 1 rings (SSSR count). The first-order valence-electron chi connectivity index (χ1n) is 6.83. The molecule has 0 bridgehead atoms. The Hall–Kier alpha value is -1.62. The van der Waals surface area contributed by atoms with Gasteiger partial charge in [-0.1, -0.05) is 13.0 Å². The standard InChI is InChI=1S/C14H24N4O/c1-4-8-16-10-12-7-6-9-17-14(12)18(5-2)11-13(19)15-3/h6-7,9,16H,4-5,8,10-11H2,1-3H3,(H,15,19). The first kappa shape index (κ1) is 15.4. The zero-order valence-electron chi connectivity index (χ0n) is 12.1. The van der Waals surface area contributed by atoms with E-state index >= 15 is 0 Å². The number of nitrogens with zero attached hydrogens (tertiary/aromatic N) is 2. The van der Waals surface area contributed by atoms with Gasteiger partial charge in [0.1, 0.15) is 5.82 Å². The van der Waals surface area contributed by atoms with Crippen LogP contribution < -0.4 is 15.5 Å². The number of amides is 1. The van der Waals surface area contributed by atoms with Gasteiger partial charge in [0.05, 0.1) is 6.54 Å². The highest BCUT2D eigenvalue weighted by Gasteiger charge is 2.13. The molecule has 1 aromatic rings. The number of carbonyl (C=O) groups is 1. The number of rotatable bonds is 8. The van der Waals surface area contributed by atoms with E-state index in [-0.39, 0.29) is 5.91 Å². The summed E-state index contributed by atoms with van der Waals surface area (Å²) in [5.41, 5.74) is 1.13. The summed E-state index contributed by atoms with van der Waals surface area (Å²) < 4.78 is 0. The molecule has 0 aliphatic heterocycles. The van der Waals surface area contributed by atoms with E-state index in [2.05, 4.69) is 28.6 Å². The van der Waals surface area contributed by atoms with Crippen LogP contribution in [0.5, 0.6) is 0 Å². The van der Waals surface area contributed by atoms with E-state index in [4.69, 9.17) is 0 Å². The number of nitrogens with one attached hydrogen (secondary N) is 2. The molecule has 0 spiro atoms. The van der Waals surface area contributed by atoms with E-state index in [1.165, 1.54) is 0 Å². The van der Waals surface area contributed by atoms with Crippen molar-refractivity contribution in [2.75, 3.05) is 31.6 Å². The van der Waals surface area contributed by atoms with E-state index in [1.807, 2.05) is 17.9 Å². The third-order valence-electron chi connectivity index (χ3n) is 2.90. The third-order valence-corrected chi connectivity index (χ3v) is 2.90. The van der Waals surface area contributed by atoms with Gasteiger partial charge in [0.15, 0.2) is 0 Å². The van der Waals surface area contributed by atoms with Gasteiger partial charge in [-0.05, 0) is 26.0 Å². The highest BCUT2D eigenvalue weighted by molar-refractivity contribution is 5.80. The Morgan fingerprint density at radius 3 is 2.84 bits per heavy atom. The van der Waals surface area contributed by atoms with E-state index in [0.29, 0.717) is 6.54 Å². The molecule has 2 N–H and O–H groups in total. The Kier molecular flexibility index (Phi) is 6.89. The molecule has 19 heavy (non-hydrogen) atoms. The van der Waals surface area contributed by atoms with Crippen LogP contribution >= 0.6 is 0 Å². The number of hydrogen-bond donors (Lipinski definition) is 2. The summed E-state index contributed by atoms with van der Waals surface area (Å²) >= 11 is 0.